The van der Waals surface area contributed by atoms with Crippen molar-refractivity contribution < 1.29 is 14.3 Å². The maximum atomic E-state index is 11.9. The number of hydrogen-bond acceptors (Lipinski definition) is 4. The molecule has 1 aromatic carbocycles. The van der Waals surface area contributed by atoms with E-state index in [0.29, 0.717) is 17.9 Å². The van der Waals surface area contributed by atoms with E-state index in [-0.39, 0.29) is 0 Å². The van der Waals surface area contributed by atoms with Crippen molar-refractivity contribution in [1.29, 1.82) is 0 Å². The van der Waals surface area contributed by atoms with Crippen LogP contribution in [0.4, 0.5) is 0 Å². The minimum atomic E-state index is -0.412. The average Bonchev–Trinajstić information content (AvgIpc) is 2.62. The Morgan fingerprint density at radius 3 is 2.62 bits per heavy atom. The van der Waals surface area contributed by atoms with E-state index in [0.717, 1.165) is 37.5 Å². The Balaban J connectivity index is 2.94. The summed E-state index contributed by atoms with van der Waals surface area (Å²) in [5, 5.41) is 3.29. The predicted molar refractivity (Wildman–Crippen MR) is 96.7 cm³/mol. The third kappa shape index (κ3) is 5.76. The molecule has 1 rings (SSSR count). The number of guanidine groups is 1. The zero-order valence-corrected chi connectivity index (χ0v) is 15.4. The van der Waals surface area contributed by atoms with E-state index in [1.807, 2.05) is 20.0 Å². The molecule has 0 unspecified atom stereocenters. The average molecular weight is 335 g/mol. The molecule has 134 valence electrons. The van der Waals surface area contributed by atoms with Crippen LogP contribution in [0.15, 0.2) is 23.2 Å². The van der Waals surface area contributed by atoms with Gasteiger partial charge in [0.2, 0.25) is 0 Å². The number of esters is 1. The van der Waals surface area contributed by atoms with Gasteiger partial charge in [0, 0.05) is 20.1 Å². The highest BCUT2D eigenvalue weighted by molar-refractivity contribution is 5.92. The first-order valence-electron chi connectivity index (χ1n) is 8.32. The molecule has 24 heavy (non-hydrogen) atoms. The summed E-state index contributed by atoms with van der Waals surface area (Å²) in [4.78, 5) is 18.6. The molecule has 0 heterocycles. The monoisotopic (exact) mass is 335 g/mol. The van der Waals surface area contributed by atoms with Gasteiger partial charge in [-0.2, -0.15) is 0 Å². The molecule has 0 fully saturated rings. The van der Waals surface area contributed by atoms with Gasteiger partial charge in [-0.15, -0.1) is 0 Å². The Labute approximate surface area is 144 Å². The second kappa shape index (κ2) is 10.5. The molecule has 0 aromatic heterocycles. The Kier molecular flexibility index (Phi) is 8.68. The largest absolute Gasteiger partial charge is 0.496 e. The number of carbonyl (C=O) groups excluding carboxylic acids is 1. The second-order valence-electron chi connectivity index (χ2n) is 5.47. The first-order valence-corrected chi connectivity index (χ1v) is 8.32. The van der Waals surface area contributed by atoms with Gasteiger partial charge in [-0.3, -0.25) is 0 Å². The van der Waals surface area contributed by atoms with Gasteiger partial charge in [-0.05, 0) is 31.0 Å². The maximum Gasteiger partial charge on any atom is 0.341 e. The van der Waals surface area contributed by atoms with Gasteiger partial charge in [-0.25, -0.2) is 9.79 Å². The van der Waals surface area contributed by atoms with Crippen LogP contribution in [0.25, 0.3) is 0 Å². The van der Waals surface area contributed by atoms with Crippen molar-refractivity contribution in [1.82, 2.24) is 10.2 Å². The molecular formula is C18H29N3O3. The molecule has 0 spiro atoms. The Morgan fingerprint density at radius 2 is 2.04 bits per heavy atom. The standard InChI is InChI=1S/C18H29N3O3/c1-6-8-11-21(3)18(19-7-2)20-13-14-9-10-16(23-4)15(12-14)17(22)24-5/h9-10,12H,6-8,11,13H2,1-5H3,(H,19,20). The number of nitrogens with zero attached hydrogens (tertiary/aromatic N) is 2. The van der Waals surface area contributed by atoms with Crippen LogP contribution < -0.4 is 10.1 Å². The molecule has 0 saturated heterocycles. The number of carbonyl (C=O) groups is 1. The van der Waals surface area contributed by atoms with Gasteiger partial charge >= 0.3 is 5.97 Å². The summed E-state index contributed by atoms with van der Waals surface area (Å²) in [5.74, 6) is 0.951. The number of nitrogens with one attached hydrogen (secondary N) is 1. The van der Waals surface area contributed by atoms with Crippen molar-refractivity contribution in [3.63, 3.8) is 0 Å². The molecule has 0 aliphatic heterocycles. The molecule has 0 bridgehead atoms. The van der Waals surface area contributed by atoms with E-state index in [9.17, 15) is 4.79 Å². The summed E-state index contributed by atoms with van der Waals surface area (Å²) >= 11 is 0. The van der Waals surface area contributed by atoms with Crippen molar-refractivity contribution >= 4 is 11.9 Å². The lowest BCUT2D eigenvalue weighted by atomic mass is 10.1. The summed E-state index contributed by atoms with van der Waals surface area (Å²) in [6.07, 6.45) is 2.26. The van der Waals surface area contributed by atoms with Gasteiger partial charge in [0.15, 0.2) is 5.96 Å². The first kappa shape index (κ1) is 19.8. The fourth-order valence-corrected chi connectivity index (χ4v) is 2.26. The minimum Gasteiger partial charge on any atom is -0.496 e. The van der Waals surface area contributed by atoms with Crippen LogP contribution >= 0.6 is 0 Å². The fourth-order valence-electron chi connectivity index (χ4n) is 2.26. The molecule has 6 nitrogen and oxygen atoms in total. The van der Waals surface area contributed by atoms with Crippen LogP contribution in [0.5, 0.6) is 5.75 Å². The molecule has 0 atom stereocenters. The molecule has 0 aliphatic rings. The van der Waals surface area contributed by atoms with E-state index in [2.05, 4.69) is 22.1 Å². The van der Waals surface area contributed by atoms with Gasteiger partial charge in [0.1, 0.15) is 11.3 Å². The highest BCUT2D eigenvalue weighted by atomic mass is 16.5. The van der Waals surface area contributed by atoms with Gasteiger partial charge in [-0.1, -0.05) is 19.4 Å². The highest BCUT2D eigenvalue weighted by Gasteiger charge is 2.13. The quantitative estimate of drug-likeness (QED) is 0.449. The van der Waals surface area contributed by atoms with E-state index >= 15 is 0 Å². The topological polar surface area (TPSA) is 63.2 Å². The molecule has 0 radical (unpaired) electrons. The number of hydrogen-bond donors (Lipinski definition) is 1. The Bertz CT molecular complexity index is 558. The number of ether oxygens (including phenoxy) is 2. The summed E-state index contributed by atoms with van der Waals surface area (Å²) in [6, 6.07) is 5.44. The van der Waals surface area contributed by atoms with E-state index in [1.165, 1.54) is 14.2 Å². The lowest BCUT2D eigenvalue weighted by Gasteiger charge is -2.21. The summed E-state index contributed by atoms with van der Waals surface area (Å²) in [6.45, 7) is 6.46. The molecule has 1 N–H and O–H groups in total. The van der Waals surface area contributed by atoms with Gasteiger partial charge < -0.3 is 19.7 Å². The number of aliphatic imine (C=N–C) groups is 1. The number of rotatable bonds is 8. The van der Waals surface area contributed by atoms with E-state index in [4.69, 9.17) is 9.47 Å². The van der Waals surface area contributed by atoms with Crippen molar-refractivity contribution in [2.24, 2.45) is 4.99 Å². The van der Waals surface area contributed by atoms with Crippen LogP contribution in [0.2, 0.25) is 0 Å². The van der Waals surface area contributed by atoms with E-state index < -0.39 is 5.97 Å². The maximum absolute atomic E-state index is 11.9. The molecule has 0 saturated carbocycles. The van der Waals surface area contributed by atoms with Gasteiger partial charge in [0.25, 0.3) is 0 Å². The third-order valence-corrected chi connectivity index (χ3v) is 3.62. The normalized spacial score (nSPS) is 11.1. The minimum absolute atomic E-state index is 0.412. The molecule has 6 heteroatoms. The van der Waals surface area contributed by atoms with Crippen LogP contribution in [0, 0.1) is 0 Å². The van der Waals surface area contributed by atoms with Gasteiger partial charge in [0.05, 0.1) is 20.8 Å². The highest BCUT2D eigenvalue weighted by Crippen LogP contribution is 2.21. The SMILES string of the molecule is CCCCN(C)C(=NCc1ccc(OC)c(C(=O)OC)c1)NCC. The third-order valence-electron chi connectivity index (χ3n) is 3.62. The smallest absolute Gasteiger partial charge is 0.341 e. The van der Waals surface area contributed by atoms with Crippen molar-refractivity contribution in [2.45, 2.75) is 33.2 Å². The second-order valence-corrected chi connectivity index (χ2v) is 5.47. The lowest BCUT2D eigenvalue weighted by molar-refractivity contribution is 0.0597. The summed E-state index contributed by atoms with van der Waals surface area (Å²) in [7, 11) is 4.93. The van der Waals surface area contributed by atoms with Crippen LogP contribution in [0.1, 0.15) is 42.6 Å². The van der Waals surface area contributed by atoms with Crippen LogP contribution in [0.3, 0.4) is 0 Å². The Hall–Kier alpha value is -2.24. The zero-order chi connectivity index (χ0) is 17.9. The number of unbranched alkanes of at least 4 members (excludes halogenated alkanes) is 1. The predicted octanol–water partition coefficient (Wildman–Crippen LogP) is 2.68. The Morgan fingerprint density at radius 1 is 1.29 bits per heavy atom. The lowest BCUT2D eigenvalue weighted by Crippen LogP contribution is -2.39. The van der Waals surface area contributed by atoms with Crippen LogP contribution in [-0.4, -0.2) is 51.2 Å². The fraction of sp³-hybridized carbons (Fsp3) is 0.556. The van der Waals surface area contributed by atoms with E-state index in [1.54, 1.807) is 12.1 Å². The first-order chi connectivity index (χ1) is 11.6. The summed E-state index contributed by atoms with van der Waals surface area (Å²) < 4.78 is 10.0. The molecule has 0 aliphatic carbocycles. The number of methoxy groups -OCH3 is 2. The molecule has 0 amide bonds. The van der Waals surface area contributed by atoms with Crippen molar-refractivity contribution in [3.8, 4) is 5.75 Å². The summed E-state index contributed by atoms with van der Waals surface area (Å²) in [5.41, 5.74) is 1.34. The molecule has 1 aromatic rings. The molecular weight excluding hydrogens is 306 g/mol. The number of benzene rings is 1. The zero-order valence-electron chi connectivity index (χ0n) is 15.4. The van der Waals surface area contributed by atoms with Crippen molar-refractivity contribution in [3.05, 3.63) is 29.3 Å². The van der Waals surface area contributed by atoms with Crippen molar-refractivity contribution in [2.75, 3.05) is 34.4 Å². The van der Waals surface area contributed by atoms with Crippen LogP contribution in [-0.2, 0) is 11.3 Å².